The van der Waals surface area contributed by atoms with Crippen LogP contribution in [0.15, 0.2) is 12.1 Å². The van der Waals surface area contributed by atoms with Gasteiger partial charge in [-0.05, 0) is 6.07 Å². The molecule has 102 valence electrons. The number of amides is 1. The van der Waals surface area contributed by atoms with Gasteiger partial charge in [0.2, 0.25) is 5.82 Å². The van der Waals surface area contributed by atoms with Crippen molar-refractivity contribution in [2.45, 2.75) is 0 Å². The van der Waals surface area contributed by atoms with E-state index in [0.29, 0.717) is 25.3 Å². The molecule has 8 heteroatoms. The Morgan fingerprint density at radius 1 is 1.26 bits per heavy atom. The summed E-state index contributed by atoms with van der Waals surface area (Å²) in [5, 5.41) is 10.4. The number of hydrogen-bond donors (Lipinski definition) is 0. The van der Waals surface area contributed by atoms with Crippen molar-refractivity contribution in [3.8, 4) is 0 Å². The second-order valence-electron chi connectivity index (χ2n) is 3.95. The molecular weight excluding hydrogens is 262 g/mol. The topological polar surface area (TPSA) is 72.7 Å². The number of rotatable bonds is 2. The lowest BCUT2D eigenvalue weighted by molar-refractivity contribution is -0.387. The minimum atomic E-state index is -1.23. The molecule has 0 aliphatic carbocycles. The highest BCUT2D eigenvalue weighted by molar-refractivity contribution is 5.94. The molecule has 1 aromatic rings. The lowest BCUT2D eigenvalue weighted by atomic mass is 10.1. The second kappa shape index (κ2) is 5.27. The first-order valence-electron chi connectivity index (χ1n) is 5.51. The number of carbonyl (C=O) groups is 1. The molecule has 0 spiro atoms. The van der Waals surface area contributed by atoms with Crippen LogP contribution in [0.5, 0.6) is 0 Å². The molecule has 0 bridgehead atoms. The zero-order valence-electron chi connectivity index (χ0n) is 9.77. The molecule has 1 amide bonds. The van der Waals surface area contributed by atoms with Crippen LogP contribution in [0, 0.1) is 21.7 Å². The van der Waals surface area contributed by atoms with Crippen molar-refractivity contribution in [3.63, 3.8) is 0 Å². The molecule has 1 aliphatic heterocycles. The Labute approximate surface area is 106 Å². The molecule has 2 rings (SSSR count). The third-order valence-electron chi connectivity index (χ3n) is 2.76. The van der Waals surface area contributed by atoms with E-state index in [1.807, 2.05) is 0 Å². The number of nitro groups is 1. The fourth-order valence-corrected chi connectivity index (χ4v) is 1.78. The van der Waals surface area contributed by atoms with Crippen molar-refractivity contribution in [1.29, 1.82) is 0 Å². The first-order chi connectivity index (χ1) is 9.00. The van der Waals surface area contributed by atoms with Gasteiger partial charge in [-0.2, -0.15) is 4.39 Å². The van der Waals surface area contributed by atoms with Crippen molar-refractivity contribution in [1.82, 2.24) is 4.90 Å². The Morgan fingerprint density at radius 2 is 1.89 bits per heavy atom. The summed E-state index contributed by atoms with van der Waals surface area (Å²) in [6, 6.07) is 0.980. The summed E-state index contributed by atoms with van der Waals surface area (Å²) in [6.45, 7) is 1.19. The first kappa shape index (κ1) is 13.3. The number of morpholine rings is 1. The van der Waals surface area contributed by atoms with Gasteiger partial charge in [-0.1, -0.05) is 0 Å². The SMILES string of the molecule is O=C(c1cc(F)c([N+](=O)[O-])cc1F)N1CCOCC1. The van der Waals surface area contributed by atoms with Gasteiger partial charge in [-0.25, -0.2) is 4.39 Å². The predicted molar refractivity (Wildman–Crippen MR) is 59.7 cm³/mol. The highest BCUT2D eigenvalue weighted by Crippen LogP contribution is 2.22. The van der Waals surface area contributed by atoms with E-state index in [-0.39, 0.29) is 13.1 Å². The second-order valence-corrected chi connectivity index (χ2v) is 3.95. The van der Waals surface area contributed by atoms with Gasteiger partial charge in [0.15, 0.2) is 0 Å². The average Bonchev–Trinajstić information content (AvgIpc) is 2.41. The monoisotopic (exact) mass is 272 g/mol. The Balaban J connectivity index is 2.32. The Morgan fingerprint density at radius 3 is 2.47 bits per heavy atom. The van der Waals surface area contributed by atoms with Crippen LogP contribution in [-0.2, 0) is 4.74 Å². The molecule has 0 aromatic heterocycles. The van der Waals surface area contributed by atoms with Crippen LogP contribution in [-0.4, -0.2) is 42.0 Å². The fraction of sp³-hybridized carbons (Fsp3) is 0.364. The zero-order chi connectivity index (χ0) is 14.0. The maximum absolute atomic E-state index is 13.6. The number of halogens is 2. The summed E-state index contributed by atoms with van der Waals surface area (Å²) >= 11 is 0. The third kappa shape index (κ3) is 2.68. The molecule has 0 atom stereocenters. The summed E-state index contributed by atoms with van der Waals surface area (Å²) in [6.07, 6.45) is 0. The van der Waals surface area contributed by atoms with Crippen LogP contribution in [0.4, 0.5) is 14.5 Å². The van der Waals surface area contributed by atoms with Gasteiger partial charge >= 0.3 is 5.69 Å². The lowest BCUT2D eigenvalue weighted by Crippen LogP contribution is -2.41. The fourth-order valence-electron chi connectivity index (χ4n) is 1.78. The van der Waals surface area contributed by atoms with Gasteiger partial charge in [0.05, 0.1) is 29.8 Å². The van der Waals surface area contributed by atoms with Crippen molar-refractivity contribution < 1.29 is 23.2 Å². The van der Waals surface area contributed by atoms with E-state index < -0.39 is 33.7 Å². The van der Waals surface area contributed by atoms with Crippen LogP contribution >= 0.6 is 0 Å². The van der Waals surface area contributed by atoms with Crippen molar-refractivity contribution in [2.24, 2.45) is 0 Å². The van der Waals surface area contributed by atoms with E-state index in [2.05, 4.69) is 0 Å². The molecule has 1 fully saturated rings. The molecular formula is C11H10F2N2O4. The normalized spacial score (nSPS) is 15.4. The molecule has 6 nitrogen and oxygen atoms in total. The minimum Gasteiger partial charge on any atom is -0.378 e. The maximum Gasteiger partial charge on any atom is 0.307 e. The Bertz CT molecular complexity index is 530. The first-order valence-corrected chi connectivity index (χ1v) is 5.51. The summed E-state index contributed by atoms with van der Waals surface area (Å²) in [4.78, 5) is 22.7. The summed E-state index contributed by atoms with van der Waals surface area (Å²) in [5.74, 6) is -3.04. The molecule has 0 unspecified atom stereocenters. The Kier molecular flexibility index (Phi) is 3.70. The lowest BCUT2D eigenvalue weighted by Gasteiger charge is -2.26. The number of nitro benzene ring substituents is 1. The maximum atomic E-state index is 13.6. The number of ether oxygens (including phenoxy) is 1. The van der Waals surface area contributed by atoms with E-state index in [1.54, 1.807) is 0 Å². The summed E-state index contributed by atoms with van der Waals surface area (Å²) in [5.41, 5.74) is -1.50. The highest BCUT2D eigenvalue weighted by Gasteiger charge is 2.26. The molecule has 1 heterocycles. The Hall–Kier alpha value is -2.09. The quantitative estimate of drug-likeness (QED) is 0.601. The standard InChI is InChI=1S/C11H10F2N2O4/c12-8-6-10(15(17)18)9(13)5-7(8)11(16)14-1-3-19-4-2-14/h5-6H,1-4H2. The van der Waals surface area contributed by atoms with Gasteiger partial charge < -0.3 is 9.64 Å². The van der Waals surface area contributed by atoms with E-state index in [0.717, 1.165) is 0 Å². The van der Waals surface area contributed by atoms with E-state index >= 15 is 0 Å². The van der Waals surface area contributed by atoms with Gasteiger partial charge in [0.1, 0.15) is 5.82 Å². The number of hydrogen-bond acceptors (Lipinski definition) is 4. The van der Waals surface area contributed by atoms with Crippen LogP contribution in [0.1, 0.15) is 10.4 Å². The van der Waals surface area contributed by atoms with Gasteiger partial charge in [-0.3, -0.25) is 14.9 Å². The van der Waals surface area contributed by atoms with Gasteiger partial charge in [-0.15, -0.1) is 0 Å². The zero-order valence-corrected chi connectivity index (χ0v) is 9.77. The van der Waals surface area contributed by atoms with Gasteiger partial charge in [0.25, 0.3) is 5.91 Å². The average molecular weight is 272 g/mol. The van der Waals surface area contributed by atoms with Crippen molar-refractivity contribution in [2.75, 3.05) is 26.3 Å². The van der Waals surface area contributed by atoms with E-state index in [4.69, 9.17) is 4.74 Å². The van der Waals surface area contributed by atoms with Crippen LogP contribution < -0.4 is 0 Å². The number of nitrogens with zero attached hydrogens (tertiary/aromatic N) is 2. The smallest absolute Gasteiger partial charge is 0.307 e. The molecule has 1 aromatic carbocycles. The molecule has 1 saturated heterocycles. The van der Waals surface area contributed by atoms with Crippen LogP contribution in [0.2, 0.25) is 0 Å². The van der Waals surface area contributed by atoms with Crippen molar-refractivity contribution >= 4 is 11.6 Å². The highest BCUT2D eigenvalue weighted by atomic mass is 19.1. The van der Waals surface area contributed by atoms with E-state index in [1.165, 1.54) is 4.90 Å². The van der Waals surface area contributed by atoms with E-state index in [9.17, 15) is 23.7 Å². The number of benzene rings is 1. The molecule has 0 N–H and O–H groups in total. The molecule has 19 heavy (non-hydrogen) atoms. The third-order valence-corrected chi connectivity index (χ3v) is 2.76. The predicted octanol–water partition coefficient (Wildman–Crippen LogP) is 1.35. The van der Waals surface area contributed by atoms with Crippen LogP contribution in [0.3, 0.4) is 0 Å². The molecule has 0 saturated carbocycles. The van der Waals surface area contributed by atoms with Gasteiger partial charge in [0, 0.05) is 13.1 Å². The largest absolute Gasteiger partial charge is 0.378 e. The number of carbonyl (C=O) groups excluding carboxylic acids is 1. The van der Waals surface area contributed by atoms with Crippen molar-refractivity contribution in [3.05, 3.63) is 39.4 Å². The minimum absolute atomic E-state index is 0.275. The summed E-state index contributed by atoms with van der Waals surface area (Å²) < 4.78 is 32.1. The van der Waals surface area contributed by atoms with Crippen LogP contribution in [0.25, 0.3) is 0 Å². The molecule has 1 aliphatic rings. The summed E-state index contributed by atoms with van der Waals surface area (Å²) in [7, 11) is 0. The molecule has 0 radical (unpaired) electrons.